The quantitative estimate of drug-likeness (QED) is 0.403. The maximum atomic E-state index is 12.0. The number of carbonyl (C=O) groups excluding carboxylic acids is 2. The van der Waals surface area contributed by atoms with E-state index >= 15 is 0 Å². The Bertz CT molecular complexity index is 511. The van der Waals surface area contributed by atoms with Crippen LogP contribution in [0.5, 0.6) is 0 Å². The Morgan fingerprint density at radius 3 is 2.55 bits per heavy atom. The van der Waals surface area contributed by atoms with Crippen molar-refractivity contribution in [1.29, 1.82) is 0 Å². The molecular formula is C15H22N2O5. The summed E-state index contributed by atoms with van der Waals surface area (Å²) in [6, 6.07) is 6.70. The molecule has 3 N–H and O–H groups in total. The number of hydrogen-bond donors (Lipinski definition) is 3. The van der Waals surface area contributed by atoms with Gasteiger partial charge in [0.1, 0.15) is 12.2 Å². The van der Waals surface area contributed by atoms with E-state index in [-0.39, 0.29) is 25.6 Å². The second-order valence-corrected chi connectivity index (χ2v) is 5.50. The third-order valence-electron chi connectivity index (χ3n) is 2.39. The van der Waals surface area contributed by atoms with E-state index in [1.165, 1.54) is 0 Å². The zero-order chi connectivity index (χ0) is 16.6. The van der Waals surface area contributed by atoms with Crippen molar-refractivity contribution in [2.45, 2.75) is 26.4 Å². The molecule has 0 aromatic heterocycles. The molecule has 0 aliphatic rings. The van der Waals surface area contributed by atoms with Crippen LogP contribution in [0.2, 0.25) is 0 Å². The number of rotatable bonds is 7. The number of aliphatic hydroxyl groups is 1. The highest BCUT2D eigenvalue weighted by Crippen LogP contribution is 2.15. The summed E-state index contributed by atoms with van der Waals surface area (Å²) in [5.74, 6) is -0.262. The van der Waals surface area contributed by atoms with Gasteiger partial charge in [-0.1, -0.05) is 12.1 Å². The minimum Gasteiger partial charge on any atom is -0.443 e. The van der Waals surface area contributed by atoms with Gasteiger partial charge in [0.2, 0.25) is 0 Å². The molecule has 1 rings (SSSR count). The lowest BCUT2D eigenvalue weighted by atomic mass is 10.1. The van der Waals surface area contributed by atoms with E-state index in [4.69, 9.17) is 14.6 Å². The van der Waals surface area contributed by atoms with Gasteiger partial charge in [0, 0.05) is 5.56 Å². The SMILES string of the molecule is CC(C)(C)OC(=O)NNc1ccccc1C(=O)COCCO. The molecule has 0 bridgehead atoms. The lowest BCUT2D eigenvalue weighted by Gasteiger charge is -2.20. The van der Waals surface area contributed by atoms with Crippen molar-refractivity contribution in [3.05, 3.63) is 29.8 Å². The topological polar surface area (TPSA) is 96.9 Å². The molecule has 1 aromatic carbocycles. The van der Waals surface area contributed by atoms with E-state index in [2.05, 4.69) is 10.9 Å². The molecule has 0 radical (unpaired) electrons. The van der Waals surface area contributed by atoms with Crippen LogP contribution in [-0.4, -0.2) is 42.4 Å². The predicted octanol–water partition coefficient (Wildman–Crippen LogP) is 1.73. The Balaban J connectivity index is 2.64. The van der Waals surface area contributed by atoms with Gasteiger partial charge in [-0.05, 0) is 32.9 Å². The Labute approximate surface area is 129 Å². The zero-order valence-corrected chi connectivity index (χ0v) is 13.0. The van der Waals surface area contributed by atoms with Crippen LogP contribution in [0.1, 0.15) is 31.1 Å². The number of ketones is 1. The minimum absolute atomic E-state index is 0.0947. The molecule has 0 fully saturated rings. The lowest BCUT2D eigenvalue weighted by Crippen LogP contribution is -2.36. The summed E-state index contributed by atoms with van der Waals surface area (Å²) in [5.41, 5.74) is 5.23. The van der Waals surface area contributed by atoms with Crippen molar-refractivity contribution in [2.24, 2.45) is 0 Å². The van der Waals surface area contributed by atoms with Gasteiger partial charge >= 0.3 is 6.09 Å². The highest BCUT2D eigenvalue weighted by Gasteiger charge is 2.17. The van der Waals surface area contributed by atoms with E-state index in [9.17, 15) is 9.59 Å². The Hall–Kier alpha value is -2.12. The molecule has 0 heterocycles. The van der Waals surface area contributed by atoms with Crippen molar-refractivity contribution >= 4 is 17.6 Å². The Morgan fingerprint density at radius 2 is 1.91 bits per heavy atom. The van der Waals surface area contributed by atoms with Crippen LogP contribution in [0.3, 0.4) is 0 Å². The summed E-state index contributed by atoms with van der Waals surface area (Å²) in [6.07, 6.45) is -0.647. The number of ether oxygens (including phenoxy) is 2. The van der Waals surface area contributed by atoms with Crippen molar-refractivity contribution in [3.8, 4) is 0 Å². The Morgan fingerprint density at radius 1 is 1.23 bits per heavy atom. The van der Waals surface area contributed by atoms with Gasteiger partial charge in [0.05, 0.1) is 18.9 Å². The van der Waals surface area contributed by atoms with Gasteiger partial charge in [-0.25, -0.2) is 10.2 Å². The van der Waals surface area contributed by atoms with E-state index in [1.807, 2.05) is 0 Å². The number of hydrazine groups is 1. The van der Waals surface area contributed by atoms with Crippen molar-refractivity contribution in [1.82, 2.24) is 5.43 Å². The van der Waals surface area contributed by atoms with Gasteiger partial charge in [-0.3, -0.25) is 10.2 Å². The Kier molecular flexibility index (Phi) is 6.81. The largest absolute Gasteiger partial charge is 0.443 e. The number of nitrogens with one attached hydrogen (secondary N) is 2. The third kappa shape index (κ3) is 6.55. The minimum atomic E-state index is -0.647. The van der Waals surface area contributed by atoms with Gasteiger partial charge in [-0.15, -0.1) is 0 Å². The van der Waals surface area contributed by atoms with E-state index < -0.39 is 11.7 Å². The summed E-state index contributed by atoms with van der Waals surface area (Å²) in [5, 5.41) is 8.63. The van der Waals surface area contributed by atoms with Crippen LogP contribution in [0, 0.1) is 0 Å². The second kappa shape index (κ2) is 8.35. The summed E-state index contributed by atoms with van der Waals surface area (Å²) >= 11 is 0. The van der Waals surface area contributed by atoms with E-state index in [0.29, 0.717) is 11.3 Å². The van der Waals surface area contributed by atoms with Crippen LogP contribution in [0.25, 0.3) is 0 Å². The molecule has 7 heteroatoms. The summed E-state index contributed by atoms with van der Waals surface area (Å²) < 4.78 is 10.1. The number of Topliss-reactive ketones (excluding diaryl/α,β-unsaturated/α-hetero) is 1. The molecule has 0 unspecified atom stereocenters. The molecule has 1 amide bonds. The fraction of sp³-hybridized carbons (Fsp3) is 0.467. The fourth-order valence-electron chi connectivity index (χ4n) is 1.56. The number of aliphatic hydroxyl groups excluding tert-OH is 1. The van der Waals surface area contributed by atoms with Crippen LogP contribution < -0.4 is 10.9 Å². The average Bonchev–Trinajstić information content (AvgIpc) is 2.44. The molecule has 0 atom stereocenters. The first kappa shape index (κ1) is 17.9. The maximum absolute atomic E-state index is 12.0. The van der Waals surface area contributed by atoms with Crippen LogP contribution in [0.15, 0.2) is 24.3 Å². The first-order valence-electron chi connectivity index (χ1n) is 6.89. The molecule has 0 aliphatic carbocycles. The van der Waals surface area contributed by atoms with Crippen LogP contribution in [0.4, 0.5) is 10.5 Å². The summed E-state index contributed by atoms with van der Waals surface area (Å²) in [4.78, 5) is 23.6. The van der Waals surface area contributed by atoms with Crippen molar-refractivity contribution in [3.63, 3.8) is 0 Å². The summed E-state index contributed by atoms with van der Waals surface area (Å²) in [6.45, 7) is 5.06. The fourth-order valence-corrected chi connectivity index (χ4v) is 1.56. The number of anilines is 1. The number of hydrogen-bond acceptors (Lipinski definition) is 6. The monoisotopic (exact) mass is 310 g/mol. The molecule has 7 nitrogen and oxygen atoms in total. The normalized spacial score (nSPS) is 10.9. The van der Waals surface area contributed by atoms with Gasteiger partial charge in [0.15, 0.2) is 5.78 Å². The number of carbonyl (C=O) groups is 2. The number of benzene rings is 1. The first-order chi connectivity index (χ1) is 10.3. The molecule has 0 saturated carbocycles. The standard InChI is InChI=1S/C15H22N2O5/c1-15(2,3)22-14(20)17-16-12-7-5-4-6-11(12)13(19)10-21-9-8-18/h4-7,16,18H,8-10H2,1-3H3,(H,17,20). The van der Waals surface area contributed by atoms with Gasteiger partial charge in [-0.2, -0.15) is 0 Å². The predicted molar refractivity (Wildman–Crippen MR) is 81.7 cm³/mol. The maximum Gasteiger partial charge on any atom is 0.426 e. The molecular weight excluding hydrogens is 288 g/mol. The van der Waals surface area contributed by atoms with E-state index in [0.717, 1.165) is 0 Å². The molecule has 0 aliphatic heterocycles. The molecule has 1 aromatic rings. The van der Waals surface area contributed by atoms with Crippen LogP contribution in [-0.2, 0) is 9.47 Å². The zero-order valence-electron chi connectivity index (χ0n) is 13.0. The third-order valence-corrected chi connectivity index (χ3v) is 2.39. The van der Waals surface area contributed by atoms with Gasteiger partial charge in [0.25, 0.3) is 0 Å². The highest BCUT2D eigenvalue weighted by molar-refractivity contribution is 6.02. The molecule has 0 saturated heterocycles. The second-order valence-electron chi connectivity index (χ2n) is 5.50. The molecule has 122 valence electrons. The highest BCUT2D eigenvalue weighted by atomic mass is 16.6. The lowest BCUT2D eigenvalue weighted by molar-refractivity contribution is 0.0539. The average molecular weight is 310 g/mol. The van der Waals surface area contributed by atoms with Gasteiger partial charge < -0.3 is 14.6 Å². The van der Waals surface area contributed by atoms with E-state index in [1.54, 1.807) is 45.0 Å². The molecule has 22 heavy (non-hydrogen) atoms. The summed E-state index contributed by atoms with van der Waals surface area (Å²) in [7, 11) is 0. The first-order valence-corrected chi connectivity index (χ1v) is 6.89. The van der Waals surface area contributed by atoms with Crippen LogP contribution >= 0.6 is 0 Å². The molecule has 0 spiro atoms. The smallest absolute Gasteiger partial charge is 0.426 e. The van der Waals surface area contributed by atoms with Crippen molar-refractivity contribution in [2.75, 3.05) is 25.2 Å². The number of amides is 1. The number of para-hydroxylation sites is 1. The van der Waals surface area contributed by atoms with Crippen molar-refractivity contribution < 1.29 is 24.2 Å².